The first kappa shape index (κ1) is 16.0. The maximum absolute atomic E-state index is 12.7. The first-order chi connectivity index (χ1) is 9.93. The van der Waals surface area contributed by atoms with E-state index in [1.165, 1.54) is 4.90 Å². The number of carboxylic acid groups (broad SMARTS) is 1. The Morgan fingerprint density at radius 2 is 2.00 bits per heavy atom. The fourth-order valence-corrected chi connectivity index (χ4v) is 2.96. The molecule has 0 saturated carbocycles. The van der Waals surface area contributed by atoms with Gasteiger partial charge in [-0.05, 0) is 25.7 Å². The van der Waals surface area contributed by atoms with Crippen molar-refractivity contribution >= 4 is 12.0 Å². The van der Waals surface area contributed by atoms with Crippen LogP contribution < -0.4 is 0 Å². The standard InChI is InChI=1S/C14H24N2O5/c1-9-3-4-15(12(5-9)13(18)19)14(20)16-6-11(7-17)21-8-10(16)2/h9-12,17H,3-8H2,1-2H3,(H,18,19). The lowest BCUT2D eigenvalue weighted by atomic mass is 9.92. The number of carbonyl (C=O) groups is 2. The van der Waals surface area contributed by atoms with Gasteiger partial charge in [-0.1, -0.05) is 6.92 Å². The Balaban J connectivity index is 2.11. The third-order valence-electron chi connectivity index (χ3n) is 4.35. The molecule has 0 spiro atoms. The van der Waals surface area contributed by atoms with Crippen LogP contribution in [0.15, 0.2) is 0 Å². The van der Waals surface area contributed by atoms with Gasteiger partial charge >= 0.3 is 12.0 Å². The van der Waals surface area contributed by atoms with E-state index < -0.39 is 18.1 Å². The zero-order valence-corrected chi connectivity index (χ0v) is 12.6. The summed E-state index contributed by atoms with van der Waals surface area (Å²) in [6, 6.07) is -1.14. The van der Waals surface area contributed by atoms with E-state index >= 15 is 0 Å². The zero-order chi connectivity index (χ0) is 15.6. The molecule has 0 aliphatic carbocycles. The van der Waals surface area contributed by atoms with Crippen LogP contribution in [0.5, 0.6) is 0 Å². The molecule has 4 atom stereocenters. The summed E-state index contributed by atoms with van der Waals surface area (Å²) in [6.07, 6.45) is 0.915. The maximum atomic E-state index is 12.7. The normalized spacial score (nSPS) is 33.9. The highest BCUT2D eigenvalue weighted by atomic mass is 16.5. The van der Waals surface area contributed by atoms with Crippen molar-refractivity contribution in [2.75, 3.05) is 26.3 Å². The van der Waals surface area contributed by atoms with Crippen LogP contribution in [0.25, 0.3) is 0 Å². The van der Waals surface area contributed by atoms with Gasteiger partial charge in [-0.2, -0.15) is 0 Å². The summed E-state index contributed by atoms with van der Waals surface area (Å²) in [5, 5.41) is 18.6. The van der Waals surface area contributed by atoms with Crippen molar-refractivity contribution in [3.05, 3.63) is 0 Å². The molecule has 0 aromatic rings. The van der Waals surface area contributed by atoms with Crippen LogP contribution in [0.2, 0.25) is 0 Å². The monoisotopic (exact) mass is 300 g/mol. The van der Waals surface area contributed by atoms with Crippen molar-refractivity contribution in [2.24, 2.45) is 5.92 Å². The number of aliphatic carboxylic acids is 1. The number of hydrogen-bond acceptors (Lipinski definition) is 4. The molecule has 0 aromatic heterocycles. The number of amides is 2. The molecule has 0 bridgehead atoms. The minimum atomic E-state index is -0.950. The Bertz CT molecular complexity index is 403. The molecule has 0 radical (unpaired) electrons. The second-order valence-corrected chi connectivity index (χ2v) is 6.10. The van der Waals surface area contributed by atoms with Crippen molar-refractivity contribution in [1.82, 2.24) is 9.80 Å². The van der Waals surface area contributed by atoms with Crippen LogP contribution in [0.1, 0.15) is 26.7 Å². The molecule has 7 heteroatoms. The lowest BCUT2D eigenvalue weighted by molar-refractivity contribution is -0.144. The van der Waals surface area contributed by atoms with E-state index in [0.29, 0.717) is 32.0 Å². The van der Waals surface area contributed by atoms with E-state index in [9.17, 15) is 19.8 Å². The number of carboxylic acids is 1. The van der Waals surface area contributed by atoms with Gasteiger partial charge in [-0.25, -0.2) is 9.59 Å². The number of urea groups is 1. The number of carbonyl (C=O) groups excluding carboxylic acids is 1. The van der Waals surface area contributed by atoms with Gasteiger partial charge in [-0.15, -0.1) is 0 Å². The average molecular weight is 300 g/mol. The fourth-order valence-electron chi connectivity index (χ4n) is 2.96. The zero-order valence-electron chi connectivity index (χ0n) is 12.6. The van der Waals surface area contributed by atoms with Crippen LogP contribution in [0, 0.1) is 5.92 Å². The highest BCUT2D eigenvalue weighted by Crippen LogP contribution is 2.25. The number of ether oxygens (including phenoxy) is 1. The quantitative estimate of drug-likeness (QED) is 0.769. The molecule has 2 heterocycles. The Hall–Kier alpha value is -1.34. The predicted molar refractivity (Wildman–Crippen MR) is 74.9 cm³/mol. The van der Waals surface area contributed by atoms with Crippen molar-refractivity contribution in [3.63, 3.8) is 0 Å². The number of piperidine rings is 1. The second kappa shape index (κ2) is 6.62. The highest BCUT2D eigenvalue weighted by Gasteiger charge is 2.39. The summed E-state index contributed by atoms with van der Waals surface area (Å²) >= 11 is 0. The first-order valence-electron chi connectivity index (χ1n) is 7.46. The van der Waals surface area contributed by atoms with Crippen LogP contribution in [0.4, 0.5) is 4.79 Å². The van der Waals surface area contributed by atoms with E-state index in [2.05, 4.69) is 0 Å². The summed E-state index contributed by atoms with van der Waals surface area (Å²) in [7, 11) is 0. The SMILES string of the molecule is CC1CCN(C(=O)N2CC(CO)OCC2C)C(C(=O)O)C1. The lowest BCUT2D eigenvalue weighted by Gasteiger charge is -2.43. The summed E-state index contributed by atoms with van der Waals surface area (Å²) in [4.78, 5) is 27.2. The van der Waals surface area contributed by atoms with Crippen molar-refractivity contribution < 1.29 is 24.5 Å². The van der Waals surface area contributed by atoms with Crippen molar-refractivity contribution in [3.8, 4) is 0 Å². The van der Waals surface area contributed by atoms with Crippen molar-refractivity contribution in [1.29, 1.82) is 0 Å². The van der Waals surface area contributed by atoms with E-state index in [1.54, 1.807) is 4.90 Å². The van der Waals surface area contributed by atoms with Gasteiger partial charge in [0, 0.05) is 6.54 Å². The summed E-state index contributed by atoms with van der Waals surface area (Å²) < 4.78 is 5.42. The largest absolute Gasteiger partial charge is 0.480 e. The number of nitrogens with zero attached hydrogens (tertiary/aromatic N) is 2. The minimum Gasteiger partial charge on any atom is -0.480 e. The van der Waals surface area contributed by atoms with Gasteiger partial charge in [-0.3, -0.25) is 0 Å². The van der Waals surface area contributed by atoms with Gasteiger partial charge in [0.15, 0.2) is 0 Å². The molecule has 2 aliphatic heterocycles. The molecule has 2 amide bonds. The number of likely N-dealkylation sites (tertiary alicyclic amines) is 1. The first-order valence-corrected chi connectivity index (χ1v) is 7.46. The molecule has 2 fully saturated rings. The molecule has 4 unspecified atom stereocenters. The molecule has 120 valence electrons. The molecular weight excluding hydrogens is 276 g/mol. The number of aliphatic hydroxyl groups is 1. The number of morpholine rings is 1. The molecule has 0 aromatic carbocycles. The summed E-state index contributed by atoms with van der Waals surface area (Å²) in [5.74, 6) is -0.642. The molecule has 21 heavy (non-hydrogen) atoms. The van der Waals surface area contributed by atoms with Gasteiger partial charge in [0.05, 0.1) is 31.9 Å². The predicted octanol–water partition coefficient (Wildman–Crippen LogP) is 0.373. The molecule has 2 aliphatic rings. The van der Waals surface area contributed by atoms with Crippen LogP contribution in [-0.4, -0.2) is 76.5 Å². The van der Waals surface area contributed by atoms with E-state index in [0.717, 1.165) is 6.42 Å². The van der Waals surface area contributed by atoms with Crippen LogP contribution >= 0.6 is 0 Å². The van der Waals surface area contributed by atoms with Gasteiger partial charge in [0.25, 0.3) is 0 Å². The third-order valence-corrected chi connectivity index (χ3v) is 4.35. The smallest absolute Gasteiger partial charge is 0.326 e. The molecule has 2 rings (SSSR count). The Morgan fingerprint density at radius 1 is 1.29 bits per heavy atom. The molecule has 2 saturated heterocycles. The van der Waals surface area contributed by atoms with E-state index in [4.69, 9.17) is 4.74 Å². The topological polar surface area (TPSA) is 90.3 Å². The Labute approximate surface area is 124 Å². The minimum absolute atomic E-state index is 0.117. The van der Waals surface area contributed by atoms with E-state index in [1.807, 2.05) is 13.8 Å². The molecular formula is C14H24N2O5. The number of rotatable bonds is 2. The third kappa shape index (κ3) is 3.47. The average Bonchev–Trinajstić information content (AvgIpc) is 2.47. The van der Waals surface area contributed by atoms with Crippen LogP contribution in [0.3, 0.4) is 0 Å². The number of hydrogen-bond donors (Lipinski definition) is 2. The van der Waals surface area contributed by atoms with E-state index in [-0.39, 0.29) is 18.7 Å². The number of aliphatic hydroxyl groups excluding tert-OH is 1. The summed E-state index contributed by atoms with van der Waals surface area (Å²) in [5.41, 5.74) is 0. The maximum Gasteiger partial charge on any atom is 0.326 e. The Kier molecular flexibility index (Phi) is 5.05. The summed E-state index contributed by atoms with van der Waals surface area (Å²) in [6.45, 7) is 4.86. The highest BCUT2D eigenvalue weighted by molar-refractivity contribution is 5.83. The lowest BCUT2D eigenvalue weighted by Crippen LogP contribution is -2.60. The van der Waals surface area contributed by atoms with Crippen LogP contribution in [-0.2, 0) is 9.53 Å². The Morgan fingerprint density at radius 3 is 2.62 bits per heavy atom. The second-order valence-electron chi connectivity index (χ2n) is 6.10. The fraction of sp³-hybridized carbons (Fsp3) is 0.857. The molecule has 2 N–H and O–H groups in total. The van der Waals surface area contributed by atoms with Gasteiger partial charge < -0.3 is 24.7 Å². The molecule has 7 nitrogen and oxygen atoms in total. The van der Waals surface area contributed by atoms with Gasteiger partial charge in [0.1, 0.15) is 6.04 Å². The van der Waals surface area contributed by atoms with Gasteiger partial charge in [0.2, 0.25) is 0 Å². The van der Waals surface area contributed by atoms with Crippen molar-refractivity contribution in [2.45, 2.75) is 44.9 Å².